The fraction of sp³-hybridized carbons (Fsp3) is 0.826. The molecule has 0 aromatic rings. The lowest BCUT2D eigenvalue weighted by molar-refractivity contribution is -0.177. The maximum atomic E-state index is 14.2. The highest BCUT2D eigenvalue weighted by atomic mass is 19.1. The Morgan fingerprint density at radius 1 is 1.14 bits per heavy atom. The quantitative estimate of drug-likeness (QED) is 0.335. The average Bonchev–Trinajstić information content (AvgIpc) is 3.24. The van der Waals surface area contributed by atoms with Crippen molar-refractivity contribution < 1.29 is 46.9 Å². The molecule has 0 aromatic heterocycles. The van der Waals surface area contributed by atoms with Gasteiger partial charge in [0.1, 0.15) is 12.3 Å². The van der Waals surface area contributed by atoms with Gasteiger partial charge in [-0.25, -0.2) is 18.4 Å². The lowest BCUT2D eigenvalue weighted by Crippen LogP contribution is -2.57. The molecule has 2 rings (SSSR count). The van der Waals surface area contributed by atoms with Crippen molar-refractivity contribution in [3.63, 3.8) is 0 Å². The van der Waals surface area contributed by atoms with E-state index in [1.807, 2.05) is 0 Å². The Morgan fingerprint density at radius 2 is 1.74 bits per heavy atom. The summed E-state index contributed by atoms with van der Waals surface area (Å²) in [7, 11) is 0. The second-order valence-corrected chi connectivity index (χ2v) is 9.41. The number of aldehydes is 1. The molecule has 2 aliphatic rings. The van der Waals surface area contributed by atoms with Crippen molar-refractivity contribution in [1.82, 2.24) is 10.2 Å². The topological polar surface area (TPSA) is 120 Å². The zero-order valence-electron chi connectivity index (χ0n) is 20.9. The standard InChI is InChI=1S/C23H36F2N2O8/c1-6-8-18(24)33-20(30)16-10-15(12-28)17(27(16)21(31)34-19(25)9-7-2)11-23(26-14(3)29)13-32-22(4,5)35-23/h12,15-19H,6-11,13H2,1-5H3,(H,26,29)/t15-,16+,17+,18?,19?,23?/m0/s1. The Bertz CT molecular complexity index is 783. The molecule has 0 spiro atoms. The first-order valence-corrected chi connectivity index (χ1v) is 11.9. The third-order valence-electron chi connectivity index (χ3n) is 5.88. The summed E-state index contributed by atoms with van der Waals surface area (Å²) in [5.41, 5.74) is -1.44. The number of carbonyl (C=O) groups is 4. The summed E-state index contributed by atoms with van der Waals surface area (Å²) >= 11 is 0. The van der Waals surface area contributed by atoms with Crippen molar-refractivity contribution in [2.45, 2.75) is 109 Å². The fourth-order valence-electron chi connectivity index (χ4n) is 4.47. The summed E-state index contributed by atoms with van der Waals surface area (Å²) in [5.74, 6) is -3.54. The van der Waals surface area contributed by atoms with Crippen LogP contribution in [-0.2, 0) is 33.3 Å². The van der Waals surface area contributed by atoms with Crippen LogP contribution in [0.4, 0.5) is 13.6 Å². The number of rotatable bonds is 11. The number of ether oxygens (including phenoxy) is 4. The first kappa shape index (κ1) is 28.9. The number of hydrogen-bond donors (Lipinski definition) is 1. The van der Waals surface area contributed by atoms with Gasteiger partial charge < -0.3 is 29.1 Å². The SMILES string of the molecule is CCCC(F)OC(=O)[C@H]1C[C@@H](C=O)[C@@H](CC2(NC(C)=O)COC(C)(C)O2)N1C(=O)OC(F)CCC. The minimum Gasteiger partial charge on any atom is -0.430 e. The van der Waals surface area contributed by atoms with E-state index in [0.717, 1.165) is 4.90 Å². The van der Waals surface area contributed by atoms with Gasteiger partial charge in [0.05, 0.1) is 12.6 Å². The summed E-state index contributed by atoms with van der Waals surface area (Å²) in [6.07, 6.45) is -4.14. The van der Waals surface area contributed by atoms with Crippen LogP contribution >= 0.6 is 0 Å². The van der Waals surface area contributed by atoms with Crippen molar-refractivity contribution in [3.8, 4) is 0 Å². The van der Waals surface area contributed by atoms with Crippen molar-refractivity contribution in [2.24, 2.45) is 5.92 Å². The molecule has 0 aromatic carbocycles. The maximum Gasteiger partial charge on any atom is 0.413 e. The van der Waals surface area contributed by atoms with Crippen LogP contribution in [0.1, 0.15) is 73.1 Å². The molecule has 2 saturated heterocycles. The van der Waals surface area contributed by atoms with E-state index in [2.05, 4.69) is 5.32 Å². The highest BCUT2D eigenvalue weighted by Gasteiger charge is 2.55. The number of alkyl halides is 2. The van der Waals surface area contributed by atoms with E-state index in [9.17, 15) is 28.0 Å². The number of likely N-dealkylation sites (tertiary alicyclic amines) is 1. The summed E-state index contributed by atoms with van der Waals surface area (Å²) in [6.45, 7) is 7.82. The molecule has 0 aliphatic carbocycles. The van der Waals surface area contributed by atoms with Gasteiger partial charge in [-0.05, 0) is 33.1 Å². The molecule has 2 heterocycles. The zero-order valence-corrected chi connectivity index (χ0v) is 20.9. The van der Waals surface area contributed by atoms with Gasteiger partial charge >= 0.3 is 12.1 Å². The van der Waals surface area contributed by atoms with E-state index in [0.29, 0.717) is 19.1 Å². The molecule has 35 heavy (non-hydrogen) atoms. The monoisotopic (exact) mass is 506 g/mol. The highest BCUT2D eigenvalue weighted by Crippen LogP contribution is 2.40. The van der Waals surface area contributed by atoms with Crippen LogP contribution in [0.25, 0.3) is 0 Å². The molecule has 2 aliphatic heterocycles. The van der Waals surface area contributed by atoms with Gasteiger partial charge in [0.15, 0.2) is 11.5 Å². The van der Waals surface area contributed by atoms with E-state index < -0.39 is 60.2 Å². The number of nitrogens with zero attached hydrogens (tertiary/aromatic N) is 1. The number of hydrogen-bond acceptors (Lipinski definition) is 8. The second-order valence-electron chi connectivity index (χ2n) is 9.41. The zero-order chi connectivity index (χ0) is 26.4. The number of halogens is 2. The van der Waals surface area contributed by atoms with Gasteiger partial charge in [-0.2, -0.15) is 0 Å². The molecule has 0 bridgehead atoms. The largest absolute Gasteiger partial charge is 0.430 e. The lowest BCUT2D eigenvalue weighted by Gasteiger charge is -2.36. The smallest absolute Gasteiger partial charge is 0.413 e. The van der Waals surface area contributed by atoms with Gasteiger partial charge in [0.2, 0.25) is 18.6 Å². The molecule has 3 unspecified atom stereocenters. The predicted molar refractivity (Wildman–Crippen MR) is 118 cm³/mol. The van der Waals surface area contributed by atoms with Gasteiger partial charge in [-0.15, -0.1) is 0 Å². The molecule has 12 heteroatoms. The third kappa shape index (κ3) is 7.57. The summed E-state index contributed by atoms with van der Waals surface area (Å²) < 4.78 is 49.5. The lowest BCUT2D eigenvalue weighted by atomic mass is 9.93. The normalized spacial score (nSPS) is 29.3. The van der Waals surface area contributed by atoms with E-state index in [1.54, 1.807) is 27.7 Å². The fourth-order valence-corrected chi connectivity index (χ4v) is 4.47. The van der Waals surface area contributed by atoms with Crippen LogP contribution in [-0.4, -0.2) is 72.1 Å². The molecule has 0 saturated carbocycles. The Hall–Kier alpha value is -2.34. The first-order chi connectivity index (χ1) is 16.4. The van der Waals surface area contributed by atoms with Crippen LogP contribution in [0.5, 0.6) is 0 Å². The number of carbonyl (C=O) groups excluding carboxylic acids is 4. The molecule has 200 valence electrons. The molecule has 1 N–H and O–H groups in total. The van der Waals surface area contributed by atoms with Gasteiger partial charge in [0.25, 0.3) is 0 Å². The predicted octanol–water partition coefficient (Wildman–Crippen LogP) is 3.12. The molecule has 0 radical (unpaired) electrons. The van der Waals surface area contributed by atoms with Crippen LogP contribution in [0.3, 0.4) is 0 Å². The van der Waals surface area contributed by atoms with Crippen LogP contribution < -0.4 is 5.32 Å². The van der Waals surface area contributed by atoms with Crippen molar-refractivity contribution in [1.29, 1.82) is 0 Å². The molecular formula is C23H36F2N2O8. The summed E-state index contributed by atoms with van der Waals surface area (Å²) in [6, 6.07) is -2.45. The van der Waals surface area contributed by atoms with Gasteiger partial charge in [0, 0.05) is 32.1 Å². The third-order valence-corrected chi connectivity index (χ3v) is 5.88. The Morgan fingerprint density at radius 3 is 2.23 bits per heavy atom. The van der Waals surface area contributed by atoms with Crippen molar-refractivity contribution in [3.05, 3.63) is 0 Å². The van der Waals surface area contributed by atoms with Crippen LogP contribution in [0, 0.1) is 5.92 Å². The molecule has 6 atom stereocenters. The van der Waals surface area contributed by atoms with Crippen LogP contribution in [0.2, 0.25) is 0 Å². The van der Waals surface area contributed by atoms with E-state index in [-0.39, 0.29) is 32.3 Å². The number of amides is 2. The number of esters is 1. The minimum absolute atomic E-state index is 0.0433. The maximum absolute atomic E-state index is 14.2. The molecular weight excluding hydrogens is 470 g/mol. The highest BCUT2D eigenvalue weighted by molar-refractivity contribution is 5.84. The molecule has 2 amide bonds. The van der Waals surface area contributed by atoms with Gasteiger partial charge in [-0.1, -0.05) is 13.8 Å². The summed E-state index contributed by atoms with van der Waals surface area (Å²) in [5, 5.41) is 2.66. The molecule has 2 fully saturated rings. The minimum atomic E-state index is -1.94. The summed E-state index contributed by atoms with van der Waals surface area (Å²) in [4.78, 5) is 50.7. The first-order valence-electron chi connectivity index (χ1n) is 11.9. The Balaban J connectivity index is 2.40. The van der Waals surface area contributed by atoms with Gasteiger partial charge in [-0.3, -0.25) is 9.69 Å². The van der Waals surface area contributed by atoms with E-state index >= 15 is 0 Å². The van der Waals surface area contributed by atoms with Crippen molar-refractivity contribution >= 4 is 24.3 Å². The van der Waals surface area contributed by atoms with Crippen LogP contribution in [0.15, 0.2) is 0 Å². The Labute approximate surface area is 203 Å². The second kappa shape index (κ2) is 12.1. The Kier molecular flexibility index (Phi) is 9.96. The average molecular weight is 507 g/mol. The van der Waals surface area contributed by atoms with E-state index in [1.165, 1.54) is 6.92 Å². The molecule has 10 nitrogen and oxygen atoms in total. The van der Waals surface area contributed by atoms with Crippen molar-refractivity contribution in [2.75, 3.05) is 6.61 Å². The van der Waals surface area contributed by atoms with E-state index in [4.69, 9.17) is 18.9 Å². The number of nitrogens with one attached hydrogen (secondary N) is 1.